The molecule has 0 radical (unpaired) electrons. The molecule has 1 amide bonds. The van der Waals surface area contributed by atoms with E-state index in [1.165, 1.54) is 0 Å². The molecule has 1 aromatic heterocycles. The summed E-state index contributed by atoms with van der Waals surface area (Å²) in [6, 6.07) is 8.75. The molecule has 0 fully saturated rings. The van der Waals surface area contributed by atoms with E-state index in [0.29, 0.717) is 22.0 Å². The van der Waals surface area contributed by atoms with Gasteiger partial charge in [-0.15, -0.1) is 0 Å². The Labute approximate surface area is 154 Å². The quantitative estimate of drug-likeness (QED) is 0.745. The number of halogens is 1. The second-order valence-electron chi connectivity index (χ2n) is 5.69. The van der Waals surface area contributed by atoms with Crippen molar-refractivity contribution in [3.63, 3.8) is 0 Å². The van der Waals surface area contributed by atoms with Gasteiger partial charge in [0, 0.05) is 24.3 Å². The molecule has 0 aliphatic rings. The summed E-state index contributed by atoms with van der Waals surface area (Å²) < 4.78 is 5.25. The highest BCUT2D eigenvalue weighted by molar-refractivity contribution is 6.31. The highest BCUT2D eigenvalue weighted by Crippen LogP contribution is 2.28. The smallest absolute Gasteiger partial charge is 0.257 e. The van der Waals surface area contributed by atoms with Crippen LogP contribution in [0.5, 0.6) is 5.75 Å². The number of methoxy groups -OCH3 is 1. The number of carbonyl (C=O) groups is 1. The van der Waals surface area contributed by atoms with E-state index in [2.05, 4.69) is 29.0 Å². The lowest BCUT2D eigenvalue weighted by atomic mass is 10.2. The van der Waals surface area contributed by atoms with Gasteiger partial charge in [0.05, 0.1) is 18.4 Å². The molecule has 134 valence electrons. The molecule has 2 rings (SSSR count). The molecule has 0 spiro atoms. The van der Waals surface area contributed by atoms with Crippen molar-refractivity contribution in [3.8, 4) is 5.75 Å². The lowest BCUT2D eigenvalue weighted by Gasteiger charge is -2.22. The molecule has 0 aliphatic carbocycles. The first-order valence-corrected chi connectivity index (χ1v) is 8.82. The van der Waals surface area contributed by atoms with Gasteiger partial charge in [0.15, 0.2) is 0 Å². The minimum Gasteiger partial charge on any atom is -0.495 e. The van der Waals surface area contributed by atoms with Crippen LogP contribution in [-0.2, 0) is 0 Å². The Hall–Kier alpha value is -2.27. The van der Waals surface area contributed by atoms with Crippen LogP contribution in [0.3, 0.4) is 0 Å². The molecule has 0 bridgehead atoms. The van der Waals surface area contributed by atoms with Crippen molar-refractivity contribution >= 4 is 29.0 Å². The third-order valence-electron chi connectivity index (χ3n) is 3.73. The molecular formula is C19H24ClN3O2. The zero-order valence-corrected chi connectivity index (χ0v) is 15.6. The van der Waals surface area contributed by atoms with Crippen LogP contribution < -0.4 is 15.0 Å². The van der Waals surface area contributed by atoms with Crippen molar-refractivity contribution in [2.75, 3.05) is 30.4 Å². The van der Waals surface area contributed by atoms with E-state index >= 15 is 0 Å². The summed E-state index contributed by atoms with van der Waals surface area (Å²) in [4.78, 5) is 19.1. The van der Waals surface area contributed by atoms with E-state index in [1.54, 1.807) is 37.6 Å². The third kappa shape index (κ3) is 5.10. The normalized spacial score (nSPS) is 10.4. The number of carbonyl (C=O) groups excluding carboxylic acids is 1. The standard InChI is InChI=1S/C19H24ClN3O2/c1-4-10-23(11-5-2)18-9-6-14(13-21-18)19(24)22-16-12-15(20)7-8-17(16)25-3/h6-9,12-13H,4-5,10-11H2,1-3H3,(H,22,24). The van der Waals surface area contributed by atoms with Crippen molar-refractivity contribution in [1.82, 2.24) is 4.98 Å². The summed E-state index contributed by atoms with van der Waals surface area (Å²) in [5.74, 6) is 1.19. The minimum atomic E-state index is -0.253. The molecule has 1 N–H and O–H groups in total. The molecule has 5 nitrogen and oxygen atoms in total. The van der Waals surface area contributed by atoms with E-state index in [0.717, 1.165) is 31.7 Å². The Morgan fingerprint density at radius 1 is 1.20 bits per heavy atom. The van der Waals surface area contributed by atoms with Gasteiger partial charge in [-0.3, -0.25) is 4.79 Å². The van der Waals surface area contributed by atoms with Gasteiger partial charge in [0.2, 0.25) is 0 Å². The Morgan fingerprint density at radius 3 is 2.48 bits per heavy atom. The van der Waals surface area contributed by atoms with E-state index in [9.17, 15) is 4.79 Å². The number of hydrogen-bond acceptors (Lipinski definition) is 4. The number of nitrogens with one attached hydrogen (secondary N) is 1. The number of aromatic nitrogens is 1. The second kappa shape index (κ2) is 9.28. The van der Waals surface area contributed by atoms with Gasteiger partial charge in [-0.25, -0.2) is 4.98 Å². The zero-order chi connectivity index (χ0) is 18.2. The average Bonchev–Trinajstić information content (AvgIpc) is 2.62. The Balaban J connectivity index is 2.14. The van der Waals surface area contributed by atoms with Gasteiger partial charge in [-0.05, 0) is 43.2 Å². The summed E-state index contributed by atoms with van der Waals surface area (Å²) in [5, 5.41) is 3.34. The molecule has 0 aliphatic heterocycles. The number of ether oxygens (including phenoxy) is 1. The van der Waals surface area contributed by atoms with E-state index < -0.39 is 0 Å². The average molecular weight is 362 g/mol. The molecule has 1 aromatic carbocycles. The fourth-order valence-electron chi connectivity index (χ4n) is 2.56. The van der Waals surface area contributed by atoms with Crippen LogP contribution in [0.1, 0.15) is 37.0 Å². The van der Waals surface area contributed by atoms with Crippen LogP contribution >= 0.6 is 11.6 Å². The number of nitrogens with zero attached hydrogens (tertiary/aromatic N) is 2. The monoisotopic (exact) mass is 361 g/mol. The van der Waals surface area contributed by atoms with Gasteiger partial charge in [-0.2, -0.15) is 0 Å². The maximum atomic E-state index is 12.5. The van der Waals surface area contributed by atoms with Crippen LogP contribution in [0.2, 0.25) is 5.02 Å². The van der Waals surface area contributed by atoms with Crippen LogP contribution in [0.4, 0.5) is 11.5 Å². The number of rotatable bonds is 8. The molecule has 6 heteroatoms. The lowest BCUT2D eigenvalue weighted by Crippen LogP contribution is -2.26. The highest BCUT2D eigenvalue weighted by atomic mass is 35.5. The topological polar surface area (TPSA) is 54.5 Å². The van der Waals surface area contributed by atoms with E-state index in [4.69, 9.17) is 16.3 Å². The summed E-state index contributed by atoms with van der Waals surface area (Å²) >= 11 is 5.99. The number of anilines is 2. The fourth-order valence-corrected chi connectivity index (χ4v) is 2.73. The molecule has 0 atom stereocenters. The van der Waals surface area contributed by atoms with Gasteiger partial charge < -0.3 is 15.0 Å². The summed E-state index contributed by atoms with van der Waals surface area (Å²) in [7, 11) is 1.55. The molecule has 1 heterocycles. The number of benzene rings is 1. The number of hydrogen-bond donors (Lipinski definition) is 1. The van der Waals surface area contributed by atoms with Crippen molar-refractivity contribution in [2.24, 2.45) is 0 Å². The van der Waals surface area contributed by atoms with Gasteiger partial charge in [-0.1, -0.05) is 25.4 Å². The lowest BCUT2D eigenvalue weighted by molar-refractivity contribution is 0.102. The maximum absolute atomic E-state index is 12.5. The van der Waals surface area contributed by atoms with Crippen LogP contribution in [0.25, 0.3) is 0 Å². The van der Waals surface area contributed by atoms with E-state index in [-0.39, 0.29) is 5.91 Å². The first-order chi connectivity index (χ1) is 12.1. The van der Waals surface area contributed by atoms with Gasteiger partial charge >= 0.3 is 0 Å². The van der Waals surface area contributed by atoms with Crippen molar-refractivity contribution in [2.45, 2.75) is 26.7 Å². The maximum Gasteiger partial charge on any atom is 0.257 e. The summed E-state index contributed by atoms with van der Waals surface area (Å²) in [6.07, 6.45) is 3.71. The van der Waals surface area contributed by atoms with Crippen LogP contribution in [0, 0.1) is 0 Å². The summed E-state index contributed by atoms with van der Waals surface area (Å²) in [6.45, 7) is 6.18. The number of pyridine rings is 1. The molecular weight excluding hydrogens is 338 g/mol. The molecule has 2 aromatic rings. The second-order valence-corrected chi connectivity index (χ2v) is 6.13. The predicted octanol–water partition coefficient (Wildman–Crippen LogP) is 4.62. The first-order valence-electron chi connectivity index (χ1n) is 8.44. The number of amides is 1. The minimum absolute atomic E-state index is 0.253. The van der Waals surface area contributed by atoms with Gasteiger partial charge in [0.25, 0.3) is 5.91 Å². The Morgan fingerprint density at radius 2 is 1.92 bits per heavy atom. The van der Waals surface area contributed by atoms with Crippen molar-refractivity contribution in [1.29, 1.82) is 0 Å². The highest BCUT2D eigenvalue weighted by Gasteiger charge is 2.12. The zero-order valence-electron chi connectivity index (χ0n) is 14.9. The SMILES string of the molecule is CCCN(CCC)c1ccc(C(=O)Nc2cc(Cl)ccc2OC)cn1. The molecule has 0 saturated carbocycles. The third-order valence-corrected chi connectivity index (χ3v) is 3.97. The Kier molecular flexibility index (Phi) is 7.07. The molecule has 25 heavy (non-hydrogen) atoms. The van der Waals surface area contributed by atoms with Crippen molar-refractivity contribution < 1.29 is 9.53 Å². The van der Waals surface area contributed by atoms with Crippen LogP contribution in [-0.4, -0.2) is 31.1 Å². The van der Waals surface area contributed by atoms with Crippen LogP contribution in [0.15, 0.2) is 36.5 Å². The molecule has 0 saturated heterocycles. The predicted molar refractivity (Wildman–Crippen MR) is 103 cm³/mol. The van der Waals surface area contributed by atoms with E-state index in [1.807, 2.05) is 6.07 Å². The van der Waals surface area contributed by atoms with Crippen molar-refractivity contribution in [3.05, 3.63) is 47.1 Å². The Bertz CT molecular complexity index is 698. The van der Waals surface area contributed by atoms with Gasteiger partial charge in [0.1, 0.15) is 11.6 Å². The largest absolute Gasteiger partial charge is 0.495 e. The fraction of sp³-hybridized carbons (Fsp3) is 0.368. The summed E-state index contributed by atoms with van der Waals surface area (Å²) in [5.41, 5.74) is 1.02. The first kappa shape index (κ1) is 19.1. The molecule has 0 unspecified atom stereocenters.